The first-order valence-corrected chi connectivity index (χ1v) is 9.93. The summed E-state index contributed by atoms with van der Waals surface area (Å²) in [5, 5.41) is 7.32. The van der Waals surface area contributed by atoms with Gasteiger partial charge in [-0.1, -0.05) is 23.8 Å². The lowest BCUT2D eigenvalue weighted by molar-refractivity contribution is 0.0526. The number of nitrogens with one attached hydrogen (secondary N) is 1. The van der Waals surface area contributed by atoms with Gasteiger partial charge >= 0.3 is 5.97 Å². The molecule has 0 aliphatic carbocycles. The number of rotatable bonds is 6. The van der Waals surface area contributed by atoms with Crippen LogP contribution in [0.1, 0.15) is 33.2 Å². The van der Waals surface area contributed by atoms with Crippen LogP contribution in [0.25, 0.3) is 11.5 Å². The predicted octanol–water partition coefficient (Wildman–Crippen LogP) is 4.40. The molecule has 31 heavy (non-hydrogen) atoms. The van der Waals surface area contributed by atoms with Crippen LogP contribution in [0.3, 0.4) is 0 Å². The van der Waals surface area contributed by atoms with Crippen molar-refractivity contribution in [3.8, 4) is 11.5 Å². The van der Waals surface area contributed by atoms with E-state index in [1.165, 1.54) is 0 Å². The molecule has 0 atom stereocenters. The van der Waals surface area contributed by atoms with Gasteiger partial charge in [0.15, 0.2) is 5.82 Å². The van der Waals surface area contributed by atoms with E-state index in [9.17, 15) is 9.59 Å². The Hall–Kier alpha value is -4.13. The number of carbonyl (C=O) groups is 2. The van der Waals surface area contributed by atoms with Gasteiger partial charge in [-0.25, -0.2) is 9.48 Å². The number of nitrogens with zero attached hydrogens (tertiary/aromatic N) is 3. The van der Waals surface area contributed by atoms with E-state index in [1.807, 2.05) is 60.3 Å². The van der Waals surface area contributed by atoms with Gasteiger partial charge < -0.3 is 14.6 Å². The van der Waals surface area contributed by atoms with Crippen molar-refractivity contribution >= 4 is 17.6 Å². The molecule has 2 heterocycles. The van der Waals surface area contributed by atoms with E-state index >= 15 is 0 Å². The van der Waals surface area contributed by atoms with E-state index in [1.54, 1.807) is 42.1 Å². The van der Waals surface area contributed by atoms with Crippen LogP contribution >= 0.6 is 0 Å². The number of ether oxygens (including phenoxy) is 1. The third kappa shape index (κ3) is 4.25. The van der Waals surface area contributed by atoms with E-state index in [-0.39, 0.29) is 12.5 Å². The third-order valence-electron chi connectivity index (χ3n) is 4.75. The Labute approximate surface area is 179 Å². The second-order valence-corrected chi connectivity index (χ2v) is 6.97. The molecular formula is C24H22N4O3. The molecule has 4 aromatic rings. The van der Waals surface area contributed by atoms with Crippen LogP contribution in [-0.4, -0.2) is 32.8 Å². The minimum absolute atomic E-state index is 0.286. The van der Waals surface area contributed by atoms with Gasteiger partial charge in [0.1, 0.15) is 5.56 Å². The number of aromatic nitrogens is 3. The van der Waals surface area contributed by atoms with Crippen molar-refractivity contribution in [3.05, 3.63) is 95.9 Å². The standard InChI is InChI=1S/C24H22N4O3/c1-3-31-24(30)18-7-6-8-19(15-18)26-22(29)21-16-25-28(20-11-9-17(2)10-12-20)23(21)27-13-4-5-14-27/h4-16H,3H2,1-2H3,(H,26,29). The van der Waals surface area contributed by atoms with Crippen LogP contribution in [0.2, 0.25) is 0 Å². The minimum Gasteiger partial charge on any atom is -0.462 e. The van der Waals surface area contributed by atoms with Crippen LogP contribution in [0.4, 0.5) is 5.69 Å². The van der Waals surface area contributed by atoms with Gasteiger partial charge in [-0.05, 0) is 56.3 Å². The number of aryl methyl sites for hydroxylation is 1. The van der Waals surface area contributed by atoms with Crippen molar-refractivity contribution < 1.29 is 14.3 Å². The van der Waals surface area contributed by atoms with Crippen molar-refractivity contribution in [2.24, 2.45) is 0 Å². The summed E-state index contributed by atoms with van der Waals surface area (Å²) in [4.78, 5) is 25.1. The second kappa shape index (κ2) is 8.71. The number of hydrogen-bond acceptors (Lipinski definition) is 4. The van der Waals surface area contributed by atoms with Crippen molar-refractivity contribution in [2.45, 2.75) is 13.8 Å². The zero-order valence-corrected chi connectivity index (χ0v) is 17.3. The summed E-state index contributed by atoms with van der Waals surface area (Å²) >= 11 is 0. The molecule has 0 aliphatic heterocycles. The Morgan fingerprint density at radius 3 is 2.48 bits per heavy atom. The van der Waals surface area contributed by atoms with Gasteiger partial charge in [-0.15, -0.1) is 0 Å². The minimum atomic E-state index is -0.432. The fourth-order valence-electron chi connectivity index (χ4n) is 3.24. The molecule has 2 aromatic heterocycles. The zero-order chi connectivity index (χ0) is 21.8. The van der Waals surface area contributed by atoms with Gasteiger partial charge in [0.2, 0.25) is 0 Å². The molecule has 4 rings (SSSR count). The molecule has 0 bridgehead atoms. The quantitative estimate of drug-likeness (QED) is 0.475. The van der Waals surface area contributed by atoms with Gasteiger partial charge in [0.25, 0.3) is 5.91 Å². The van der Waals surface area contributed by atoms with Crippen molar-refractivity contribution in [3.63, 3.8) is 0 Å². The summed E-state index contributed by atoms with van der Waals surface area (Å²) in [6.07, 6.45) is 5.26. The van der Waals surface area contributed by atoms with Crippen molar-refractivity contribution in [2.75, 3.05) is 11.9 Å². The highest BCUT2D eigenvalue weighted by Gasteiger charge is 2.20. The molecule has 1 N–H and O–H groups in total. The molecule has 2 aromatic carbocycles. The lowest BCUT2D eigenvalue weighted by Crippen LogP contribution is -2.16. The number of benzene rings is 2. The molecule has 7 heteroatoms. The van der Waals surface area contributed by atoms with Gasteiger partial charge in [0, 0.05) is 18.1 Å². The normalized spacial score (nSPS) is 10.6. The smallest absolute Gasteiger partial charge is 0.338 e. The van der Waals surface area contributed by atoms with E-state index < -0.39 is 5.97 Å². The molecule has 0 fully saturated rings. The first-order valence-electron chi connectivity index (χ1n) is 9.93. The fraction of sp³-hybridized carbons (Fsp3) is 0.125. The first kappa shape index (κ1) is 20.2. The summed E-state index contributed by atoms with van der Waals surface area (Å²) < 4.78 is 8.60. The van der Waals surface area contributed by atoms with Crippen LogP contribution in [0, 0.1) is 6.92 Å². The van der Waals surface area contributed by atoms with Crippen molar-refractivity contribution in [1.29, 1.82) is 0 Å². The number of amides is 1. The Bertz CT molecular complexity index is 1210. The highest BCUT2D eigenvalue weighted by Crippen LogP contribution is 2.22. The summed E-state index contributed by atoms with van der Waals surface area (Å²) in [7, 11) is 0. The molecule has 0 saturated heterocycles. The largest absolute Gasteiger partial charge is 0.462 e. The van der Waals surface area contributed by atoms with Crippen molar-refractivity contribution in [1.82, 2.24) is 14.3 Å². The summed E-state index contributed by atoms with van der Waals surface area (Å²) in [5.74, 6) is -0.144. The number of hydrogen-bond donors (Lipinski definition) is 1. The van der Waals surface area contributed by atoms with Gasteiger partial charge in [-0.2, -0.15) is 5.10 Å². The van der Waals surface area contributed by atoms with Gasteiger partial charge in [0.05, 0.1) is 24.1 Å². The van der Waals surface area contributed by atoms with E-state index in [4.69, 9.17) is 4.74 Å². The average molecular weight is 414 g/mol. The Kier molecular flexibility index (Phi) is 5.66. The highest BCUT2D eigenvalue weighted by atomic mass is 16.5. The fourth-order valence-corrected chi connectivity index (χ4v) is 3.24. The van der Waals surface area contributed by atoms with Crippen LogP contribution in [0.5, 0.6) is 0 Å². The Morgan fingerprint density at radius 2 is 1.77 bits per heavy atom. The Balaban J connectivity index is 1.68. The molecule has 1 amide bonds. The number of carbonyl (C=O) groups excluding carboxylic acids is 2. The lowest BCUT2D eigenvalue weighted by atomic mass is 10.2. The molecule has 7 nitrogen and oxygen atoms in total. The highest BCUT2D eigenvalue weighted by molar-refractivity contribution is 6.07. The topological polar surface area (TPSA) is 78.2 Å². The third-order valence-corrected chi connectivity index (χ3v) is 4.75. The van der Waals surface area contributed by atoms with Crippen LogP contribution < -0.4 is 5.32 Å². The average Bonchev–Trinajstić information content (AvgIpc) is 3.44. The van der Waals surface area contributed by atoms with Gasteiger partial charge in [-0.3, -0.25) is 4.79 Å². The van der Waals surface area contributed by atoms with E-state index in [0.717, 1.165) is 11.3 Å². The second-order valence-electron chi connectivity index (χ2n) is 6.97. The zero-order valence-electron chi connectivity index (χ0n) is 17.3. The lowest BCUT2D eigenvalue weighted by Gasteiger charge is -2.12. The molecule has 0 unspecified atom stereocenters. The van der Waals surface area contributed by atoms with E-state index in [2.05, 4.69) is 10.4 Å². The summed E-state index contributed by atoms with van der Waals surface area (Å²) in [6.45, 7) is 4.05. The maximum Gasteiger partial charge on any atom is 0.338 e. The molecular weight excluding hydrogens is 392 g/mol. The number of anilines is 1. The van der Waals surface area contributed by atoms with Crippen LogP contribution in [0.15, 0.2) is 79.3 Å². The monoisotopic (exact) mass is 414 g/mol. The molecule has 0 spiro atoms. The predicted molar refractivity (Wildman–Crippen MR) is 118 cm³/mol. The molecule has 156 valence electrons. The molecule has 0 aliphatic rings. The maximum absolute atomic E-state index is 13.1. The molecule has 0 radical (unpaired) electrons. The number of esters is 1. The summed E-state index contributed by atoms with van der Waals surface area (Å²) in [6, 6.07) is 18.3. The SMILES string of the molecule is CCOC(=O)c1cccc(NC(=O)c2cnn(-c3ccc(C)cc3)c2-n2cccc2)c1. The molecule has 0 saturated carbocycles. The first-order chi connectivity index (χ1) is 15.1. The van der Waals surface area contributed by atoms with Crippen LogP contribution in [-0.2, 0) is 4.74 Å². The van der Waals surface area contributed by atoms with E-state index in [0.29, 0.717) is 22.6 Å². The summed E-state index contributed by atoms with van der Waals surface area (Å²) in [5.41, 5.74) is 3.26. The maximum atomic E-state index is 13.1. The Morgan fingerprint density at radius 1 is 1.03 bits per heavy atom.